The predicted octanol–water partition coefficient (Wildman–Crippen LogP) is 5.34. The average molecular weight is 266 g/mol. The molecule has 0 saturated carbocycles. The summed E-state index contributed by atoms with van der Waals surface area (Å²) in [6, 6.07) is 13.3. The highest BCUT2D eigenvalue weighted by Crippen LogP contribution is 2.21. The Labute approximate surface area is 123 Å². The lowest BCUT2D eigenvalue weighted by atomic mass is 9.89. The van der Waals surface area contributed by atoms with Crippen LogP contribution in [0.1, 0.15) is 40.3 Å². The van der Waals surface area contributed by atoms with Gasteiger partial charge in [-0.15, -0.1) is 0 Å². The normalized spacial score (nSPS) is 11.1. The van der Waals surface area contributed by atoms with Gasteiger partial charge in [-0.3, -0.25) is 0 Å². The lowest BCUT2D eigenvalue weighted by Crippen LogP contribution is -2.07. The minimum atomic E-state index is 0.677. The summed E-state index contributed by atoms with van der Waals surface area (Å²) in [5.74, 6) is 0.677. The van der Waals surface area contributed by atoms with Crippen molar-refractivity contribution in [2.24, 2.45) is 5.92 Å². The summed E-state index contributed by atoms with van der Waals surface area (Å²) in [5, 5.41) is 0. The van der Waals surface area contributed by atoms with Crippen LogP contribution in [0.25, 0.3) is 0 Å². The summed E-state index contributed by atoms with van der Waals surface area (Å²) >= 11 is 0. The van der Waals surface area contributed by atoms with Gasteiger partial charge in [0.05, 0.1) is 0 Å². The van der Waals surface area contributed by atoms with Crippen molar-refractivity contribution in [1.29, 1.82) is 0 Å². The Hall–Kier alpha value is -1.56. The van der Waals surface area contributed by atoms with Crippen molar-refractivity contribution in [2.45, 2.75) is 47.5 Å². The monoisotopic (exact) mass is 266 g/mol. The molecule has 0 fully saturated rings. The highest BCUT2D eigenvalue weighted by Gasteiger charge is 2.10. The Bertz CT molecular complexity index is 539. The van der Waals surface area contributed by atoms with E-state index in [1.807, 2.05) is 0 Å². The average Bonchev–Trinajstić information content (AvgIpc) is 2.40. The number of rotatable bonds is 4. The van der Waals surface area contributed by atoms with Crippen molar-refractivity contribution in [1.82, 2.24) is 0 Å². The Morgan fingerprint density at radius 1 is 0.700 bits per heavy atom. The highest BCUT2D eigenvalue weighted by molar-refractivity contribution is 5.35. The van der Waals surface area contributed by atoms with E-state index >= 15 is 0 Å². The van der Waals surface area contributed by atoms with Crippen LogP contribution in [0, 0.1) is 33.6 Å². The molecule has 0 unspecified atom stereocenters. The van der Waals surface area contributed by atoms with E-state index < -0.39 is 0 Å². The summed E-state index contributed by atoms with van der Waals surface area (Å²) in [5.41, 5.74) is 8.73. The molecule has 0 bridgehead atoms. The zero-order valence-electron chi connectivity index (χ0n) is 13.5. The van der Waals surface area contributed by atoms with E-state index in [0.29, 0.717) is 5.92 Å². The van der Waals surface area contributed by atoms with Crippen molar-refractivity contribution in [3.05, 3.63) is 69.8 Å². The third kappa shape index (κ3) is 3.30. The topological polar surface area (TPSA) is 0 Å². The molecule has 0 amide bonds. The second-order valence-electron chi connectivity index (χ2n) is 6.23. The SMILES string of the molecule is Cc1cccc(CC(C)Cc2cccc(C)c2C)c1C. The molecule has 0 heteroatoms. The standard InChI is InChI=1S/C20H26/c1-14(12-19-10-6-8-15(2)17(19)4)13-20-11-7-9-16(3)18(20)5/h6-11,14H,12-13H2,1-5H3. The van der Waals surface area contributed by atoms with Crippen molar-refractivity contribution in [3.8, 4) is 0 Å². The van der Waals surface area contributed by atoms with E-state index in [9.17, 15) is 0 Å². The zero-order valence-corrected chi connectivity index (χ0v) is 13.5. The van der Waals surface area contributed by atoms with Crippen LogP contribution in [0.4, 0.5) is 0 Å². The maximum absolute atomic E-state index is 2.36. The first-order chi connectivity index (χ1) is 9.49. The minimum Gasteiger partial charge on any atom is -0.0619 e. The summed E-state index contributed by atoms with van der Waals surface area (Å²) < 4.78 is 0. The van der Waals surface area contributed by atoms with Crippen molar-refractivity contribution in [2.75, 3.05) is 0 Å². The van der Waals surface area contributed by atoms with E-state index in [2.05, 4.69) is 71.0 Å². The van der Waals surface area contributed by atoms with Gasteiger partial charge in [0.2, 0.25) is 0 Å². The summed E-state index contributed by atoms with van der Waals surface area (Å²) in [7, 11) is 0. The van der Waals surface area contributed by atoms with Gasteiger partial charge in [-0.1, -0.05) is 43.3 Å². The zero-order chi connectivity index (χ0) is 14.7. The van der Waals surface area contributed by atoms with Crippen LogP contribution in [0.5, 0.6) is 0 Å². The van der Waals surface area contributed by atoms with Crippen LogP contribution in [-0.2, 0) is 12.8 Å². The van der Waals surface area contributed by atoms with Crippen LogP contribution in [0.3, 0.4) is 0 Å². The Balaban J connectivity index is 2.11. The van der Waals surface area contributed by atoms with Gasteiger partial charge in [0, 0.05) is 0 Å². The molecule has 2 aromatic carbocycles. The number of hydrogen-bond acceptors (Lipinski definition) is 0. The van der Waals surface area contributed by atoms with Crippen LogP contribution >= 0.6 is 0 Å². The molecule has 0 heterocycles. The predicted molar refractivity (Wildman–Crippen MR) is 88.4 cm³/mol. The molecule has 106 valence electrons. The molecule has 0 aliphatic heterocycles. The van der Waals surface area contributed by atoms with E-state index in [-0.39, 0.29) is 0 Å². The van der Waals surface area contributed by atoms with Gasteiger partial charge in [-0.05, 0) is 79.8 Å². The fraction of sp³-hybridized carbons (Fsp3) is 0.400. The number of benzene rings is 2. The fourth-order valence-corrected chi connectivity index (χ4v) is 2.89. The van der Waals surface area contributed by atoms with Crippen LogP contribution in [-0.4, -0.2) is 0 Å². The second-order valence-corrected chi connectivity index (χ2v) is 6.23. The molecular formula is C20H26. The lowest BCUT2D eigenvalue weighted by molar-refractivity contribution is 0.573. The quantitative estimate of drug-likeness (QED) is 0.700. The lowest BCUT2D eigenvalue weighted by Gasteiger charge is -2.16. The fourth-order valence-electron chi connectivity index (χ4n) is 2.89. The van der Waals surface area contributed by atoms with Gasteiger partial charge in [0.1, 0.15) is 0 Å². The third-order valence-electron chi connectivity index (χ3n) is 4.57. The third-order valence-corrected chi connectivity index (χ3v) is 4.57. The highest BCUT2D eigenvalue weighted by atomic mass is 14.1. The Morgan fingerprint density at radius 2 is 1.10 bits per heavy atom. The molecule has 0 N–H and O–H groups in total. The maximum atomic E-state index is 2.36. The van der Waals surface area contributed by atoms with Crippen LogP contribution in [0.15, 0.2) is 36.4 Å². The van der Waals surface area contributed by atoms with E-state index in [1.165, 1.54) is 46.2 Å². The Kier molecular flexibility index (Phi) is 4.65. The van der Waals surface area contributed by atoms with Gasteiger partial charge in [-0.25, -0.2) is 0 Å². The minimum absolute atomic E-state index is 0.677. The molecule has 0 aliphatic rings. The summed E-state index contributed by atoms with van der Waals surface area (Å²) in [4.78, 5) is 0. The molecule has 2 rings (SSSR count). The van der Waals surface area contributed by atoms with Crippen molar-refractivity contribution >= 4 is 0 Å². The molecule has 0 aromatic heterocycles. The summed E-state index contributed by atoms with van der Waals surface area (Å²) in [6.45, 7) is 11.3. The summed E-state index contributed by atoms with van der Waals surface area (Å²) in [6.07, 6.45) is 2.34. The van der Waals surface area contributed by atoms with Crippen LogP contribution < -0.4 is 0 Å². The molecule has 0 nitrogen and oxygen atoms in total. The molecule has 2 aromatic rings. The second kappa shape index (κ2) is 6.26. The number of aryl methyl sites for hydroxylation is 2. The maximum Gasteiger partial charge on any atom is -0.0247 e. The number of hydrogen-bond donors (Lipinski definition) is 0. The van der Waals surface area contributed by atoms with E-state index in [1.54, 1.807) is 0 Å². The molecule has 0 aliphatic carbocycles. The first kappa shape index (κ1) is 14.8. The smallest absolute Gasteiger partial charge is 0.0247 e. The molecular weight excluding hydrogens is 240 g/mol. The van der Waals surface area contributed by atoms with Gasteiger partial charge in [0.15, 0.2) is 0 Å². The molecule has 0 radical (unpaired) electrons. The van der Waals surface area contributed by atoms with Crippen molar-refractivity contribution in [3.63, 3.8) is 0 Å². The van der Waals surface area contributed by atoms with Gasteiger partial charge in [0.25, 0.3) is 0 Å². The molecule has 20 heavy (non-hydrogen) atoms. The first-order valence-electron chi connectivity index (χ1n) is 7.59. The van der Waals surface area contributed by atoms with E-state index in [0.717, 1.165) is 0 Å². The Morgan fingerprint density at radius 3 is 1.50 bits per heavy atom. The van der Waals surface area contributed by atoms with Gasteiger partial charge in [-0.2, -0.15) is 0 Å². The molecule has 0 spiro atoms. The van der Waals surface area contributed by atoms with Gasteiger partial charge < -0.3 is 0 Å². The van der Waals surface area contributed by atoms with Gasteiger partial charge >= 0.3 is 0 Å². The van der Waals surface area contributed by atoms with E-state index in [4.69, 9.17) is 0 Å². The largest absolute Gasteiger partial charge is 0.0619 e. The van der Waals surface area contributed by atoms with Crippen molar-refractivity contribution < 1.29 is 0 Å². The molecule has 0 saturated heterocycles. The molecule has 0 atom stereocenters. The first-order valence-corrected chi connectivity index (χ1v) is 7.59. The van der Waals surface area contributed by atoms with Crippen LogP contribution in [0.2, 0.25) is 0 Å².